The maximum atomic E-state index is 13.4. The van der Waals surface area contributed by atoms with Crippen LogP contribution in [-0.2, 0) is 16.4 Å². The average molecular weight is 432 g/mol. The minimum absolute atomic E-state index is 0.167. The maximum Gasteiger partial charge on any atom is 0.243 e. The van der Waals surface area contributed by atoms with E-state index in [1.165, 1.54) is 0 Å². The van der Waals surface area contributed by atoms with Crippen LogP contribution < -0.4 is 0 Å². The molecule has 29 heavy (non-hydrogen) atoms. The first kappa shape index (κ1) is 20.3. The van der Waals surface area contributed by atoms with Gasteiger partial charge in [-0.15, -0.1) is 0 Å². The minimum Gasteiger partial charge on any atom is -0.339 e. The molecule has 1 aromatic carbocycles. The van der Waals surface area contributed by atoms with E-state index < -0.39 is 10.0 Å². The number of piperidine rings is 1. The molecule has 0 amide bonds. The minimum atomic E-state index is -3.53. The number of sulfonamides is 1. The first-order valence-electron chi connectivity index (χ1n) is 9.78. The molecule has 4 rings (SSSR count). The van der Waals surface area contributed by atoms with Crippen molar-refractivity contribution in [1.82, 2.24) is 14.4 Å². The van der Waals surface area contributed by atoms with E-state index in [2.05, 4.69) is 10.1 Å². The molecule has 3 heterocycles. The molecule has 0 spiro atoms. The lowest BCUT2D eigenvalue weighted by Crippen LogP contribution is -2.41. The number of aryl methyl sites for hydroxylation is 3. The van der Waals surface area contributed by atoms with Crippen molar-refractivity contribution in [2.75, 3.05) is 13.1 Å². The van der Waals surface area contributed by atoms with E-state index in [-0.39, 0.29) is 5.92 Å². The Morgan fingerprint density at radius 1 is 1.24 bits per heavy atom. The lowest BCUT2D eigenvalue weighted by Gasteiger charge is -2.32. The van der Waals surface area contributed by atoms with Crippen LogP contribution in [0.2, 0.25) is 0 Å². The van der Waals surface area contributed by atoms with Gasteiger partial charge in [0, 0.05) is 30.5 Å². The number of hydrogen-bond donors (Lipinski definition) is 0. The lowest BCUT2D eigenvalue weighted by atomic mass is 9.96. The van der Waals surface area contributed by atoms with Gasteiger partial charge in [-0.05, 0) is 62.1 Å². The van der Waals surface area contributed by atoms with E-state index in [0.29, 0.717) is 36.1 Å². The van der Waals surface area contributed by atoms with Gasteiger partial charge in [0.15, 0.2) is 0 Å². The van der Waals surface area contributed by atoms with Gasteiger partial charge < -0.3 is 4.52 Å². The second kappa shape index (κ2) is 8.01. The van der Waals surface area contributed by atoms with Crippen LogP contribution in [-0.4, -0.2) is 36.0 Å². The summed E-state index contributed by atoms with van der Waals surface area (Å²) in [7, 11) is -3.53. The highest BCUT2D eigenvalue weighted by atomic mass is 32.2. The largest absolute Gasteiger partial charge is 0.339 e. The third-order valence-corrected chi connectivity index (χ3v) is 8.25. The molecule has 1 fully saturated rings. The Kier molecular flexibility index (Phi) is 5.59. The fourth-order valence-electron chi connectivity index (χ4n) is 4.21. The molecule has 0 bridgehead atoms. The molecular formula is C21H25N3O3S2. The van der Waals surface area contributed by atoms with Gasteiger partial charge in [0.2, 0.25) is 21.7 Å². The molecule has 1 aliphatic rings. The molecule has 1 saturated heterocycles. The zero-order chi connectivity index (χ0) is 20.6. The molecule has 0 radical (unpaired) electrons. The lowest BCUT2D eigenvalue weighted by molar-refractivity contribution is 0.247. The van der Waals surface area contributed by atoms with Crippen molar-refractivity contribution in [2.45, 2.75) is 44.9 Å². The Morgan fingerprint density at radius 2 is 2.00 bits per heavy atom. The maximum absolute atomic E-state index is 13.4. The first-order valence-corrected chi connectivity index (χ1v) is 12.2. The van der Waals surface area contributed by atoms with E-state index >= 15 is 0 Å². The van der Waals surface area contributed by atoms with Crippen LogP contribution in [0.1, 0.15) is 35.4 Å². The smallest absolute Gasteiger partial charge is 0.243 e. The van der Waals surface area contributed by atoms with Crippen molar-refractivity contribution in [1.29, 1.82) is 0 Å². The fourth-order valence-corrected chi connectivity index (χ4v) is 6.81. The first-order chi connectivity index (χ1) is 13.8. The summed E-state index contributed by atoms with van der Waals surface area (Å²) in [6.07, 6.45) is 2.38. The summed E-state index contributed by atoms with van der Waals surface area (Å²) in [5.74, 6) is 1.32. The second-order valence-corrected chi connectivity index (χ2v) is 10.5. The molecule has 154 valence electrons. The Labute approximate surface area is 175 Å². The third-order valence-electron chi connectivity index (χ3n) is 5.40. The van der Waals surface area contributed by atoms with Crippen LogP contribution in [0.5, 0.6) is 0 Å². The van der Waals surface area contributed by atoms with Crippen LogP contribution in [0.4, 0.5) is 0 Å². The summed E-state index contributed by atoms with van der Waals surface area (Å²) in [4.78, 5) is 4.94. The highest BCUT2D eigenvalue weighted by Gasteiger charge is 2.33. The Hall–Kier alpha value is -2.03. The van der Waals surface area contributed by atoms with Crippen LogP contribution in [0, 0.1) is 26.7 Å². The SMILES string of the molecule is Cc1cc(C)c(S(=O)(=O)N2CCCC(Cc3nc(-c4ccsc4)no3)C2)c(C)c1. The zero-order valence-corrected chi connectivity index (χ0v) is 18.5. The normalized spacial score (nSPS) is 18.2. The molecule has 1 atom stereocenters. The van der Waals surface area contributed by atoms with E-state index in [1.807, 2.05) is 49.7 Å². The van der Waals surface area contributed by atoms with Crippen LogP contribution in [0.25, 0.3) is 11.4 Å². The Morgan fingerprint density at radius 3 is 2.69 bits per heavy atom. The molecule has 0 N–H and O–H groups in total. The summed E-state index contributed by atoms with van der Waals surface area (Å²) in [6.45, 7) is 6.76. The standard InChI is InChI=1S/C21H25N3O3S2/c1-14-9-15(2)20(16(3)10-14)29(25,26)24-7-4-5-17(12-24)11-19-22-21(23-27-19)18-6-8-28-13-18/h6,8-10,13,17H,4-5,7,11-12H2,1-3H3. The fraction of sp³-hybridized carbons (Fsp3) is 0.429. The number of thiophene rings is 1. The van der Waals surface area contributed by atoms with Crippen molar-refractivity contribution in [2.24, 2.45) is 5.92 Å². The van der Waals surface area contributed by atoms with Crippen molar-refractivity contribution >= 4 is 21.4 Å². The molecule has 6 nitrogen and oxygen atoms in total. The van der Waals surface area contributed by atoms with Crippen molar-refractivity contribution < 1.29 is 12.9 Å². The van der Waals surface area contributed by atoms with E-state index in [4.69, 9.17) is 4.52 Å². The van der Waals surface area contributed by atoms with Gasteiger partial charge >= 0.3 is 0 Å². The Balaban J connectivity index is 1.51. The molecule has 0 aliphatic carbocycles. The predicted molar refractivity (Wildman–Crippen MR) is 113 cm³/mol. The highest BCUT2D eigenvalue weighted by Crippen LogP contribution is 2.30. The van der Waals surface area contributed by atoms with Crippen molar-refractivity contribution in [3.8, 4) is 11.4 Å². The summed E-state index contributed by atoms with van der Waals surface area (Å²) >= 11 is 1.59. The average Bonchev–Trinajstić information content (AvgIpc) is 3.32. The van der Waals surface area contributed by atoms with Gasteiger partial charge in [0.25, 0.3) is 0 Å². The van der Waals surface area contributed by atoms with Crippen LogP contribution >= 0.6 is 11.3 Å². The van der Waals surface area contributed by atoms with Gasteiger partial charge in [-0.25, -0.2) is 8.42 Å². The molecule has 1 aliphatic heterocycles. The quantitative estimate of drug-likeness (QED) is 0.600. The topological polar surface area (TPSA) is 76.3 Å². The van der Waals surface area contributed by atoms with Gasteiger partial charge in [-0.2, -0.15) is 20.6 Å². The molecular weight excluding hydrogens is 406 g/mol. The summed E-state index contributed by atoms with van der Waals surface area (Å²) < 4.78 is 33.8. The van der Waals surface area contributed by atoms with Gasteiger partial charge in [0.05, 0.1) is 4.90 Å². The summed E-state index contributed by atoms with van der Waals surface area (Å²) in [5, 5.41) is 8.02. The number of rotatable bonds is 5. The summed E-state index contributed by atoms with van der Waals surface area (Å²) in [6, 6.07) is 5.83. The zero-order valence-electron chi connectivity index (χ0n) is 16.9. The number of nitrogens with zero attached hydrogens (tertiary/aromatic N) is 3. The molecule has 3 aromatic rings. The van der Waals surface area contributed by atoms with Crippen molar-refractivity contribution in [3.05, 3.63) is 51.5 Å². The number of hydrogen-bond acceptors (Lipinski definition) is 6. The number of benzene rings is 1. The molecule has 8 heteroatoms. The highest BCUT2D eigenvalue weighted by molar-refractivity contribution is 7.89. The third kappa shape index (κ3) is 4.15. The van der Waals surface area contributed by atoms with Gasteiger partial charge in [-0.3, -0.25) is 0 Å². The predicted octanol–water partition coefficient (Wildman–Crippen LogP) is 4.37. The molecule has 1 unspecified atom stereocenters. The summed E-state index contributed by atoms with van der Waals surface area (Å²) in [5.41, 5.74) is 3.64. The van der Waals surface area contributed by atoms with E-state index in [0.717, 1.165) is 35.1 Å². The molecule has 2 aromatic heterocycles. The Bertz CT molecular complexity index is 1080. The number of aromatic nitrogens is 2. The second-order valence-electron chi connectivity index (χ2n) is 7.83. The van der Waals surface area contributed by atoms with Gasteiger partial charge in [-0.1, -0.05) is 22.9 Å². The monoisotopic (exact) mass is 431 g/mol. The van der Waals surface area contributed by atoms with Crippen LogP contribution in [0.3, 0.4) is 0 Å². The van der Waals surface area contributed by atoms with Gasteiger partial charge in [0.1, 0.15) is 0 Å². The molecule has 0 saturated carbocycles. The van der Waals surface area contributed by atoms with E-state index in [1.54, 1.807) is 15.6 Å². The van der Waals surface area contributed by atoms with Crippen molar-refractivity contribution in [3.63, 3.8) is 0 Å². The van der Waals surface area contributed by atoms with Crippen LogP contribution in [0.15, 0.2) is 38.4 Å². The van der Waals surface area contributed by atoms with E-state index in [9.17, 15) is 8.42 Å².